The van der Waals surface area contributed by atoms with E-state index in [0.717, 1.165) is 5.69 Å². The van der Waals surface area contributed by atoms with Crippen LogP contribution in [0.2, 0.25) is 0 Å². The molecule has 1 atom stereocenters. The van der Waals surface area contributed by atoms with Crippen molar-refractivity contribution in [2.24, 2.45) is 0 Å². The molecule has 1 aromatic heterocycles. The Labute approximate surface area is 111 Å². The van der Waals surface area contributed by atoms with Crippen LogP contribution in [-0.2, 0) is 0 Å². The first-order valence-electron chi connectivity index (χ1n) is 5.73. The lowest BCUT2D eigenvalue weighted by Gasteiger charge is -2.16. The number of hydrogen-bond donors (Lipinski definition) is 2. The minimum Gasteiger partial charge on any atom is -0.396 e. The molecule has 0 radical (unpaired) electrons. The number of benzene rings is 1. The van der Waals surface area contributed by atoms with E-state index in [1.54, 1.807) is 17.4 Å². The third-order valence-electron chi connectivity index (χ3n) is 2.79. The third-order valence-corrected chi connectivity index (χ3v) is 3.97. The third kappa shape index (κ3) is 2.47. The standard InChI is InChI=1S/C14H15N3S/c1-9-6-7-13(18-9)10(2)17-12-5-3-4-11(8-15)14(12)16/h3-7,10,17H,16H2,1-2H3. The van der Waals surface area contributed by atoms with Gasteiger partial charge >= 0.3 is 0 Å². The zero-order valence-corrected chi connectivity index (χ0v) is 11.2. The molecule has 1 aromatic carbocycles. The zero-order valence-electron chi connectivity index (χ0n) is 10.4. The van der Waals surface area contributed by atoms with Gasteiger partial charge in [0.1, 0.15) is 6.07 Å². The Morgan fingerprint density at radius 1 is 1.33 bits per heavy atom. The van der Waals surface area contributed by atoms with Gasteiger partial charge in [0, 0.05) is 9.75 Å². The van der Waals surface area contributed by atoms with Crippen LogP contribution in [-0.4, -0.2) is 0 Å². The number of nitrogens with one attached hydrogen (secondary N) is 1. The fraction of sp³-hybridized carbons (Fsp3) is 0.214. The van der Waals surface area contributed by atoms with Crippen LogP contribution in [0.5, 0.6) is 0 Å². The van der Waals surface area contributed by atoms with Crippen molar-refractivity contribution in [2.45, 2.75) is 19.9 Å². The molecule has 3 N–H and O–H groups in total. The van der Waals surface area contributed by atoms with Gasteiger partial charge in [0.25, 0.3) is 0 Å². The fourth-order valence-corrected chi connectivity index (χ4v) is 2.66. The van der Waals surface area contributed by atoms with Crippen LogP contribution in [0.3, 0.4) is 0 Å². The second-order valence-electron chi connectivity index (χ2n) is 4.19. The number of rotatable bonds is 3. The molecule has 92 valence electrons. The molecule has 0 bridgehead atoms. The summed E-state index contributed by atoms with van der Waals surface area (Å²) in [5.74, 6) is 0. The van der Waals surface area contributed by atoms with Gasteiger partial charge in [-0.3, -0.25) is 0 Å². The number of nitrogens with zero attached hydrogens (tertiary/aromatic N) is 1. The van der Waals surface area contributed by atoms with Crippen molar-refractivity contribution in [1.82, 2.24) is 0 Å². The van der Waals surface area contributed by atoms with Gasteiger partial charge in [-0.1, -0.05) is 6.07 Å². The molecule has 2 rings (SSSR count). The number of nitrogens with two attached hydrogens (primary N) is 1. The molecule has 0 amide bonds. The van der Waals surface area contributed by atoms with Crippen LogP contribution in [0.25, 0.3) is 0 Å². The number of anilines is 2. The molecule has 0 saturated carbocycles. The number of para-hydroxylation sites is 1. The van der Waals surface area contributed by atoms with Crippen molar-refractivity contribution in [1.29, 1.82) is 5.26 Å². The molecular formula is C14H15N3S. The van der Waals surface area contributed by atoms with Crippen molar-refractivity contribution in [3.05, 3.63) is 45.6 Å². The van der Waals surface area contributed by atoms with Gasteiger partial charge in [0.2, 0.25) is 0 Å². The fourth-order valence-electron chi connectivity index (χ4n) is 1.78. The predicted octanol–water partition coefficient (Wildman–Crippen LogP) is 3.68. The summed E-state index contributed by atoms with van der Waals surface area (Å²) in [5, 5.41) is 12.3. The van der Waals surface area contributed by atoms with Gasteiger partial charge in [0.05, 0.1) is 23.0 Å². The van der Waals surface area contributed by atoms with E-state index in [2.05, 4.69) is 37.4 Å². The Kier molecular flexibility index (Phi) is 3.54. The largest absolute Gasteiger partial charge is 0.396 e. The molecule has 4 heteroatoms. The highest BCUT2D eigenvalue weighted by atomic mass is 32.1. The topological polar surface area (TPSA) is 61.8 Å². The van der Waals surface area contributed by atoms with Crippen molar-refractivity contribution in [2.75, 3.05) is 11.1 Å². The Bertz CT molecular complexity index is 595. The lowest BCUT2D eigenvalue weighted by atomic mass is 10.1. The van der Waals surface area contributed by atoms with Crippen LogP contribution >= 0.6 is 11.3 Å². The van der Waals surface area contributed by atoms with Crippen LogP contribution < -0.4 is 11.1 Å². The second-order valence-corrected chi connectivity index (χ2v) is 5.51. The molecule has 18 heavy (non-hydrogen) atoms. The summed E-state index contributed by atoms with van der Waals surface area (Å²) in [5.41, 5.74) is 7.78. The Morgan fingerprint density at radius 3 is 2.72 bits per heavy atom. The summed E-state index contributed by atoms with van der Waals surface area (Å²) in [6.45, 7) is 4.18. The minimum atomic E-state index is 0.181. The first-order valence-corrected chi connectivity index (χ1v) is 6.55. The molecule has 0 saturated heterocycles. The molecule has 1 unspecified atom stereocenters. The van der Waals surface area contributed by atoms with Crippen LogP contribution in [0.1, 0.15) is 28.3 Å². The predicted molar refractivity (Wildman–Crippen MR) is 76.7 cm³/mol. The molecule has 0 spiro atoms. The molecule has 0 fully saturated rings. The van der Waals surface area contributed by atoms with E-state index in [1.165, 1.54) is 9.75 Å². The van der Waals surface area contributed by atoms with Crippen molar-refractivity contribution in [3.63, 3.8) is 0 Å². The minimum absolute atomic E-state index is 0.181. The highest BCUT2D eigenvalue weighted by molar-refractivity contribution is 7.12. The van der Waals surface area contributed by atoms with E-state index < -0.39 is 0 Å². The van der Waals surface area contributed by atoms with Gasteiger partial charge in [-0.2, -0.15) is 5.26 Å². The molecule has 2 aromatic rings. The Morgan fingerprint density at radius 2 is 2.11 bits per heavy atom. The number of nitrogen functional groups attached to an aromatic ring is 1. The van der Waals surface area contributed by atoms with Gasteiger partial charge in [0.15, 0.2) is 0 Å². The van der Waals surface area contributed by atoms with E-state index in [9.17, 15) is 0 Å². The van der Waals surface area contributed by atoms with E-state index in [0.29, 0.717) is 11.3 Å². The van der Waals surface area contributed by atoms with E-state index in [4.69, 9.17) is 11.0 Å². The highest BCUT2D eigenvalue weighted by Crippen LogP contribution is 2.29. The van der Waals surface area contributed by atoms with Crippen LogP contribution in [0.4, 0.5) is 11.4 Å². The number of hydrogen-bond acceptors (Lipinski definition) is 4. The van der Waals surface area contributed by atoms with E-state index in [-0.39, 0.29) is 6.04 Å². The highest BCUT2D eigenvalue weighted by Gasteiger charge is 2.10. The summed E-state index contributed by atoms with van der Waals surface area (Å²) in [4.78, 5) is 2.55. The van der Waals surface area contributed by atoms with Gasteiger partial charge in [-0.05, 0) is 38.1 Å². The smallest absolute Gasteiger partial charge is 0.101 e. The van der Waals surface area contributed by atoms with Crippen molar-refractivity contribution < 1.29 is 0 Å². The maximum absolute atomic E-state index is 8.94. The average molecular weight is 257 g/mol. The molecular weight excluding hydrogens is 242 g/mol. The first-order chi connectivity index (χ1) is 8.61. The average Bonchev–Trinajstić information content (AvgIpc) is 2.78. The molecule has 0 aliphatic heterocycles. The monoisotopic (exact) mass is 257 g/mol. The molecule has 0 aliphatic carbocycles. The van der Waals surface area contributed by atoms with E-state index in [1.807, 2.05) is 12.1 Å². The molecule has 1 heterocycles. The van der Waals surface area contributed by atoms with Gasteiger partial charge in [-0.15, -0.1) is 11.3 Å². The first kappa shape index (κ1) is 12.5. The van der Waals surface area contributed by atoms with Gasteiger partial charge < -0.3 is 11.1 Å². The normalized spacial score (nSPS) is 11.8. The maximum atomic E-state index is 8.94. The summed E-state index contributed by atoms with van der Waals surface area (Å²) in [6.07, 6.45) is 0. The summed E-state index contributed by atoms with van der Waals surface area (Å²) >= 11 is 1.76. The number of thiophene rings is 1. The lowest BCUT2D eigenvalue weighted by molar-refractivity contribution is 0.909. The quantitative estimate of drug-likeness (QED) is 0.824. The SMILES string of the molecule is Cc1ccc(C(C)Nc2cccc(C#N)c2N)s1. The van der Waals surface area contributed by atoms with E-state index >= 15 is 0 Å². The van der Waals surface area contributed by atoms with Crippen molar-refractivity contribution >= 4 is 22.7 Å². The Hall–Kier alpha value is -1.99. The Balaban J connectivity index is 2.22. The summed E-state index contributed by atoms with van der Waals surface area (Å²) in [7, 11) is 0. The van der Waals surface area contributed by atoms with Gasteiger partial charge in [-0.25, -0.2) is 0 Å². The van der Waals surface area contributed by atoms with Crippen LogP contribution in [0.15, 0.2) is 30.3 Å². The number of nitriles is 1. The summed E-state index contributed by atoms with van der Waals surface area (Å²) < 4.78 is 0. The summed E-state index contributed by atoms with van der Waals surface area (Å²) in [6, 6.07) is 11.9. The molecule has 0 aliphatic rings. The lowest BCUT2D eigenvalue weighted by Crippen LogP contribution is -2.07. The number of aryl methyl sites for hydroxylation is 1. The maximum Gasteiger partial charge on any atom is 0.101 e. The second kappa shape index (κ2) is 5.11. The van der Waals surface area contributed by atoms with Crippen molar-refractivity contribution in [3.8, 4) is 6.07 Å². The molecule has 3 nitrogen and oxygen atoms in total. The zero-order chi connectivity index (χ0) is 13.1. The van der Waals surface area contributed by atoms with Crippen LogP contribution in [0, 0.1) is 18.3 Å².